The molecule has 0 aliphatic carbocycles. The van der Waals surface area contributed by atoms with Gasteiger partial charge in [0.15, 0.2) is 5.57 Å². The quantitative estimate of drug-likeness (QED) is 0.150. The van der Waals surface area contributed by atoms with E-state index in [9.17, 15) is 14.7 Å². The van der Waals surface area contributed by atoms with Gasteiger partial charge in [0.25, 0.3) is 5.79 Å². The molecule has 0 amide bonds. The Balaban J connectivity index is 1.88. The highest BCUT2D eigenvalue weighted by atomic mass is 16.7. The van der Waals surface area contributed by atoms with E-state index < -0.39 is 23.8 Å². The van der Waals surface area contributed by atoms with Crippen molar-refractivity contribution in [1.82, 2.24) is 4.90 Å². The van der Waals surface area contributed by atoms with Crippen LogP contribution in [0.2, 0.25) is 0 Å². The molecular weight excluding hydrogens is 560 g/mol. The number of carbonyl (C=O) groups is 2. The maximum atomic E-state index is 13.5. The van der Waals surface area contributed by atoms with Crippen molar-refractivity contribution in [3.63, 3.8) is 0 Å². The Morgan fingerprint density at radius 2 is 1.48 bits per heavy atom. The Bertz CT molecular complexity index is 1440. The van der Waals surface area contributed by atoms with Crippen LogP contribution >= 0.6 is 0 Å². The molecule has 9 heteroatoms. The molecule has 1 fully saturated rings. The van der Waals surface area contributed by atoms with Gasteiger partial charge in [-0.1, -0.05) is 68.4 Å². The number of cyclic esters (lactones) is 2. The average Bonchev–Trinajstić information content (AvgIpc) is 2.98. The topological polar surface area (TPSA) is 107 Å². The molecule has 0 radical (unpaired) electrons. The molecule has 1 heterocycles. The Morgan fingerprint density at radius 1 is 0.864 bits per heavy atom. The summed E-state index contributed by atoms with van der Waals surface area (Å²) in [5.41, 5.74) is 3.26. The van der Waals surface area contributed by atoms with Crippen molar-refractivity contribution >= 4 is 17.6 Å². The van der Waals surface area contributed by atoms with Crippen molar-refractivity contribution in [2.45, 2.75) is 58.9 Å². The number of nitrogens with zero attached hydrogens (tertiary/aromatic N) is 1. The van der Waals surface area contributed by atoms with Gasteiger partial charge in [-0.15, -0.1) is 0 Å². The van der Waals surface area contributed by atoms with Crippen molar-refractivity contribution in [2.75, 3.05) is 26.1 Å². The lowest BCUT2D eigenvalue weighted by Gasteiger charge is -2.38. The highest BCUT2D eigenvalue weighted by Gasteiger charge is 2.43. The first-order valence-electron chi connectivity index (χ1n) is 14.7. The molecular formula is C35H42N2O7. The number of hydrogen-bond acceptors (Lipinski definition) is 9. The number of nitrogens with one attached hydrogen (secondary N) is 1. The van der Waals surface area contributed by atoms with E-state index in [4.69, 9.17) is 18.9 Å². The maximum absolute atomic E-state index is 13.5. The van der Waals surface area contributed by atoms with Crippen LogP contribution in [0.3, 0.4) is 0 Å². The molecule has 4 rings (SSSR count). The fraction of sp³-hybridized carbons (Fsp3) is 0.371. The molecule has 0 saturated carbocycles. The first-order valence-corrected chi connectivity index (χ1v) is 14.7. The Labute approximate surface area is 259 Å². The third-order valence-corrected chi connectivity index (χ3v) is 7.26. The number of aliphatic hydroxyl groups excluding tert-OH is 1. The number of methoxy groups -OCH3 is 2. The van der Waals surface area contributed by atoms with Crippen LogP contribution in [0.1, 0.15) is 44.4 Å². The molecule has 3 aromatic rings. The summed E-state index contributed by atoms with van der Waals surface area (Å²) >= 11 is 0. The van der Waals surface area contributed by atoms with E-state index in [1.165, 1.54) is 26.5 Å². The summed E-state index contributed by atoms with van der Waals surface area (Å²) in [5, 5.41) is 14.1. The van der Waals surface area contributed by atoms with Gasteiger partial charge in [0.1, 0.15) is 17.3 Å². The summed E-state index contributed by atoms with van der Waals surface area (Å²) in [5.74, 6) is -1.49. The number of hydrogen-bond donors (Lipinski definition) is 2. The van der Waals surface area contributed by atoms with Gasteiger partial charge in [-0.05, 0) is 47.6 Å². The van der Waals surface area contributed by atoms with Gasteiger partial charge in [-0.25, -0.2) is 9.59 Å². The number of carbonyl (C=O) groups excluding carboxylic acids is 2. The smallest absolute Gasteiger partial charge is 0.352 e. The summed E-state index contributed by atoms with van der Waals surface area (Å²) in [6, 6.07) is 22.5. The number of ether oxygens (including phenoxy) is 4. The summed E-state index contributed by atoms with van der Waals surface area (Å²) < 4.78 is 22.0. The zero-order valence-electron chi connectivity index (χ0n) is 26.3. The van der Waals surface area contributed by atoms with E-state index in [1.807, 2.05) is 47.4 Å². The van der Waals surface area contributed by atoms with Gasteiger partial charge >= 0.3 is 11.9 Å². The van der Waals surface area contributed by atoms with Crippen molar-refractivity contribution in [2.24, 2.45) is 5.92 Å². The van der Waals surface area contributed by atoms with E-state index in [-0.39, 0.29) is 24.5 Å². The molecule has 1 saturated heterocycles. The second-order valence-electron chi connectivity index (χ2n) is 11.7. The Kier molecular flexibility index (Phi) is 10.5. The summed E-state index contributed by atoms with van der Waals surface area (Å²) in [4.78, 5) is 28.9. The second-order valence-corrected chi connectivity index (χ2v) is 11.7. The van der Waals surface area contributed by atoms with E-state index in [0.29, 0.717) is 29.5 Å². The molecule has 1 aliphatic heterocycles. The van der Waals surface area contributed by atoms with Crippen LogP contribution in [0.25, 0.3) is 0 Å². The predicted molar refractivity (Wildman–Crippen MR) is 168 cm³/mol. The van der Waals surface area contributed by atoms with Gasteiger partial charge in [-0.2, -0.15) is 0 Å². The van der Waals surface area contributed by atoms with Crippen LogP contribution in [-0.4, -0.2) is 54.6 Å². The first-order chi connectivity index (χ1) is 21.0. The minimum absolute atomic E-state index is 0.125. The number of rotatable bonds is 13. The molecule has 1 atom stereocenters. The van der Waals surface area contributed by atoms with Crippen molar-refractivity contribution < 1.29 is 33.6 Å². The molecule has 2 N–H and O–H groups in total. The molecule has 0 bridgehead atoms. The number of esters is 2. The van der Waals surface area contributed by atoms with E-state index in [2.05, 4.69) is 31.3 Å². The SMILES string of the molecule is COc1ccc(NC(=C2C(=O)OC(C)(C)OC2=O)N(Cc2ccc(CC(C)C)cc2)[C@@H](CO)Cc2ccccc2)c(OC)c1. The van der Waals surface area contributed by atoms with Gasteiger partial charge in [0, 0.05) is 26.5 Å². The summed E-state index contributed by atoms with van der Waals surface area (Å²) in [6.45, 7) is 7.34. The van der Waals surface area contributed by atoms with E-state index in [0.717, 1.165) is 17.5 Å². The van der Waals surface area contributed by atoms with Crippen molar-refractivity contribution in [3.05, 3.63) is 101 Å². The minimum Gasteiger partial charge on any atom is -0.497 e. The second kappa shape index (κ2) is 14.3. The normalized spacial score (nSPS) is 14.9. The highest BCUT2D eigenvalue weighted by Crippen LogP contribution is 2.34. The largest absolute Gasteiger partial charge is 0.497 e. The zero-order valence-corrected chi connectivity index (χ0v) is 26.3. The fourth-order valence-electron chi connectivity index (χ4n) is 5.15. The molecule has 3 aromatic carbocycles. The third kappa shape index (κ3) is 8.11. The fourth-order valence-corrected chi connectivity index (χ4v) is 5.15. The van der Waals surface area contributed by atoms with Gasteiger partial charge in [-0.3, -0.25) is 0 Å². The van der Waals surface area contributed by atoms with Crippen LogP contribution in [0.15, 0.2) is 84.2 Å². The molecule has 0 aromatic heterocycles. The van der Waals surface area contributed by atoms with Gasteiger partial charge in [0.2, 0.25) is 0 Å². The van der Waals surface area contributed by atoms with Crippen LogP contribution in [0, 0.1) is 5.92 Å². The monoisotopic (exact) mass is 602 g/mol. The van der Waals surface area contributed by atoms with Crippen LogP contribution in [0.5, 0.6) is 11.5 Å². The lowest BCUT2D eigenvalue weighted by Crippen LogP contribution is -2.47. The lowest BCUT2D eigenvalue weighted by molar-refractivity contribution is -0.222. The molecule has 9 nitrogen and oxygen atoms in total. The van der Waals surface area contributed by atoms with Crippen LogP contribution in [0.4, 0.5) is 5.69 Å². The standard InChI is InChI=1S/C35H42N2O7/c1-23(2)18-25-12-14-26(15-13-25)21-37(27(22-38)19-24-10-8-7-9-11-24)32(31-33(39)43-35(3,4)44-34(31)40)36-29-17-16-28(41-5)20-30(29)42-6/h7-17,20,23,27,36,38H,18-19,21-22H2,1-6H3/t27-/m1/s1. The van der Waals surface area contributed by atoms with Crippen molar-refractivity contribution in [3.8, 4) is 11.5 Å². The molecule has 0 unspecified atom stereocenters. The minimum atomic E-state index is -1.43. The Hall–Kier alpha value is -4.50. The molecule has 1 aliphatic rings. The third-order valence-electron chi connectivity index (χ3n) is 7.26. The highest BCUT2D eigenvalue weighted by molar-refractivity contribution is 6.16. The summed E-state index contributed by atoms with van der Waals surface area (Å²) in [6.07, 6.45) is 1.37. The summed E-state index contributed by atoms with van der Waals surface area (Å²) in [7, 11) is 3.06. The predicted octanol–water partition coefficient (Wildman–Crippen LogP) is 5.47. The first kappa shape index (κ1) is 32.4. The van der Waals surface area contributed by atoms with E-state index >= 15 is 0 Å². The van der Waals surface area contributed by atoms with Gasteiger partial charge in [0.05, 0.1) is 32.6 Å². The lowest BCUT2D eigenvalue weighted by atomic mass is 10.0. The average molecular weight is 603 g/mol. The zero-order chi connectivity index (χ0) is 31.9. The molecule has 44 heavy (non-hydrogen) atoms. The van der Waals surface area contributed by atoms with Crippen LogP contribution < -0.4 is 14.8 Å². The molecule has 234 valence electrons. The number of anilines is 1. The van der Waals surface area contributed by atoms with E-state index in [1.54, 1.807) is 25.3 Å². The maximum Gasteiger partial charge on any atom is 0.352 e. The van der Waals surface area contributed by atoms with Crippen molar-refractivity contribution in [1.29, 1.82) is 0 Å². The Morgan fingerprint density at radius 3 is 2.05 bits per heavy atom. The van der Waals surface area contributed by atoms with Gasteiger partial charge < -0.3 is 34.3 Å². The molecule has 0 spiro atoms. The van der Waals surface area contributed by atoms with Crippen LogP contribution in [-0.2, 0) is 38.4 Å². The number of aliphatic hydroxyl groups is 1. The number of benzene rings is 3.